The molecule has 0 radical (unpaired) electrons. The molecule has 1 N–H and O–H groups in total. The average molecular weight is 245 g/mol. The summed E-state index contributed by atoms with van der Waals surface area (Å²) >= 11 is 0. The third-order valence-corrected chi connectivity index (χ3v) is 4.20. The molecule has 1 aromatic carbocycles. The summed E-state index contributed by atoms with van der Waals surface area (Å²) in [6.07, 6.45) is 2.76. The quantitative estimate of drug-likeness (QED) is 0.825. The van der Waals surface area contributed by atoms with Gasteiger partial charge < -0.3 is 5.32 Å². The molecule has 0 bridgehead atoms. The van der Waals surface area contributed by atoms with Crippen molar-refractivity contribution < 1.29 is 0 Å². The Hall–Kier alpha value is -0.820. The number of hydrogen-bond acceptors (Lipinski definition) is 1. The summed E-state index contributed by atoms with van der Waals surface area (Å²) < 4.78 is 0. The maximum Gasteiger partial charge on any atom is -0.00146 e. The second kappa shape index (κ2) is 5.88. The highest BCUT2D eigenvalue weighted by Gasteiger charge is 2.32. The van der Waals surface area contributed by atoms with E-state index in [9.17, 15) is 0 Å². The van der Waals surface area contributed by atoms with E-state index in [1.165, 1.54) is 30.5 Å². The van der Waals surface area contributed by atoms with Crippen LogP contribution in [0.25, 0.3) is 0 Å². The van der Waals surface area contributed by atoms with Crippen LogP contribution in [-0.2, 0) is 0 Å². The second-order valence-corrected chi connectivity index (χ2v) is 6.36. The Morgan fingerprint density at radius 1 is 1.22 bits per heavy atom. The summed E-state index contributed by atoms with van der Waals surface area (Å²) in [5.74, 6) is 2.40. The topological polar surface area (TPSA) is 12.0 Å². The van der Waals surface area contributed by atoms with E-state index < -0.39 is 0 Å². The Bertz CT molecular complexity index is 395. The summed E-state index contributed by atoms with van der Waals surface area (Å²) in [5, 5.41) is 3.62. The van der Waals surface area contributed by atoms with Crippen molar-refractivity contribution in [3.8, 4) is 0 Å². The van der Waals surface area contributed by atoms with Crippen LogP contribution in [-0.4, -0.2) is 13.1 Å². The van der Waals surface area contributed by atoms with Gasteiger partial charge in [-0.15, -0.1) is 0 Å². The van der Waals surface area contributed by atoms with Crippen LogP contribution >= 0.6 is 0 Å². The SMILES string of the molecule is Cc1ccc(C2CCC2CNCC(C)C)c(C)c1. The largest absolute Gasteiger partial charge is 0.316 e. The van der Waals surface area contributed by atoms with Gasteiger partial charge in [0.1, 0.15) is 0 Å². The third-order valence-electron chi connectivity index (χ3n) is 4.20. The summed E-state index contributed by atoms with van der Waals surface area (Å²) in [6, 6.07) is 6.94. The molecule has 0 amide bonds. The van der Waals surface area contributed by atoms with Crippen molar-refractivity contribution in [3.05, 3.63) is 34.9 Å². The van der Waals surface area contributed by atoms with Gasteiger partial charge in [0.05, 0.1) is 0 Å². The monoisotopic (exact) mass is 245 g/mol. The van der Waals surface area contributed by atoms with Gasteiger partial charge in [-0.1, -0.05) is 37.6 Å². The van der Waals surface area contributed by atoms with Crippen molar-refractivity contribution in [1.29, 1.82) is 0 Å². The van der Waals surface area contributed by atoms with Crippen LogP contribution in [0.4, 0.5) is 0 Å². The molecule has 2 atom stereocenters. The van der Waals surface area contributed by atoms with E-state index in [0.717, 1.165) is 24.3 Å². The molecule has 1 fully saturated rings. The second-order valence-electron chi connectivity index (χ2n) is 6.36. The van der Waals surface area contributed by atoms with E-state index in [1.807, 2.05) is 0 Å². The highest BCUT2D eigenvalue weighted by molar-refractivity contribution is 5.34. The molecule has 0 spiro atoms. The van der Waals surface area contributed by atoms with Crippen molar-refractivity contribution in [2.24, 2.45) is 11.8 Å². The molecule has 100 valence electrons. The van der Waals surface area contributed by atoms with Gasteiger partial charge in [-0.05, 0) is 68.7 Å². The predicted molar refractivity (Wildman–Crippen MR) is 79.1 cm³/mol. The lowest BCUT2D eigenvalue weighted by Crippen LogP contribution is -2.35. The van der Waals surface area contributed by atoms with Crippen LogP contribution in [0.5, 0.6) is 0 Å². The van der Waals surface area contributed by atoms with Gasteiger partial charge in [-0.25, -0.2) is 0 Å². The molecule has 0 heterocycles. The average Bonchev–Trinajstić information content (AvgIpc) is 2.26. The molecule has 0 saturated heterocycles. The van der Waals surface area contributed by atoms with E-state index >= 15 is 0 Å². The fourth-order valence-electron chi connectivity index (χ4n) is 3.02. The number of nitrogens with one attached hydrogen (secondary N) is 1. The van der Waals surface area contributed by atoms with Crippen molar-refractivity contribution in [2.45, 2.75) is 46.5 Å². The fourth-order valence-corrected chi connectivity index (χ4v) is 3.02. The van der Waals surface area contributed by atoms with Gasteiger partial charge in [0, 0.05) is 0 Å². The Kier molecular flexibility index (Phi) is 4.45. The molecule has 0 aromatic heterocycles. The smallest absolute Gasteiger partial charge is 0.00146 e. The van der Waals surface area contributed by atoms with Gasteiger partial charge in [0.2, 0.25) is 0 Å². The van der Waals surface area contributed by atoms with Gasteiger partial charge in [-0.2, -0.15) is 0 Å². The van der Waals surface area contributed by atoms with Crippen LogP contribution in [0, 0.1) is 25.7 Å². The third kappa shape index (κ3) is 3.14. The van der Waals surface area contributed by atoms with Gasteiger partial charge in [0.25, 0.3) is 0 Å². The Labute approximate surface area is 112 Å². The first-order valence-corrected chi connectivity index (χ1v) is 7.35. The normalized spacial score (nSPS) is 23.2. The minimum absolute atomic E-state index is 0.754. The lowest BCUT2D eigenvalue weighted by Gasteiger charge is -2.38. The molecule has 18 heavy (non-hydrogen) atoms. The summed E-state index contributed by atoms with van der Waals surface area (Å²) in [5.41, 5.74) is 4.45. The first kappa shape index (κ1) is 13.6. The fraction of sp³-hybridized carbons (Fsp3) is 0.647. The Balaban J connectivity index is 1.93. The molecule has 1 nitrogen and oxygen atoms in total. The van der Waals surface area contributed by atoms with Crippen molar-refractivity contribution >= 4 is 0 Å². The molecule has 1 heteroatoms. The Morgan fingerprint density at radius 3 is 2.56 bits per heavy atom. The minimum atomic E-state index is 0.754. The van der Waals surface area contributed by atoms with E-state index in [0.29, 0.717) is 0 Å². The van der Waals surface area contributed by atoms with E-state index in [-0.39, 0.29) is 0 Å². The zero-order valence-electron chi connectivity index (χ0n) is 12.3. The van der Waals surface area contributed by atoms with Crippen molar-refractivity contribution in [1.82, 2.24) is 5.32 Å². The molecule has 1 aromatic rings. The van der Waals surface area contributed by atoms with Gasteiger partial charge >= 0.3 is 0 Å². The number of hydrogen-bond donors (Lipinski definition) is 1. The molecule has 2 unspecified atom stereocenters. The van der Waals surface area contributed by atoms with Crippen molar-refractivity contribution in [2.75, 3.05) is 13.1 Å². The molecule has 0 aliphatic heterocycles. The van der Waals surface area contributed by atoms with Gasteiger partial charge in [0.15, 0.2) is 0 Å². The summed E-state index contributed by atoms with van der Waals surface area (Å²) in [4.78, 5) is 0. The van der Waals surface area contributed by atoms with Crippen molar-refractivity contribution in [3.63, 3.8) is 0 Å². The molecular weight excluding hydrogens is 218 g/mol. The molecular formula is C17H27N. The van der Waals surface area contributed by atoms with Gasteiger partial charge in [-0.3, -0.25) is 0 Å². The van der Waals surface area contributed by atoms with Crippen LogP contribution < -0.4 is 5.32 Å². The highest BCUT2D eigenvalue weighted by Crippen LogP contribution is 2.43. The molecule has 1 aliphatic carbocycles. The molecule has 1 saturated carbocycles. The number of rotatable bonds is 5. The van der Waals surface area contributed by atoms with E-state index in [2.05, 4.69) is 51.2 Å². The molecule has 1 aliphatic rings. The van der Waals surface area contributed by atoms with E-state index in [1.54, 1.807) is 5.56 Å². The minimum Gasteiger partial charge on any atom is -0.316 e. The molecule has 2 rings (SSSR count). The van der Waals surface area contributed by atoms with E-state index in [4.69, 9.17) is 0 Å². The number of benzene rings is 1. The van der Waals surface area contributed by atoms with Crippen LogP contribution in [0.1, 0.15) is 49.3 Å². The summed E-state index contributed by atoms with van der Waals surface area (Å²) in [7, 11) is 0. The maximum absolute atomic E-state index is 3.62. The first-order chi connectivity index (χ1) is 8.58. The number of aryl methyl sites for hydroxylation is 2. The Morgan fingerprint density at radius 2 is 2.00 bits per heavy atom. The first-order valence-electron chi connectivity index (χ1n) is 7.35. The summed E-state index contributed by atoms with van der Waals surface area (Å²) in [6.45, 7) is 11.3. The lowest BCUT2D eigenvalue weighted by atomic mass is 9.69. The van der Waals surface area contributed by atoms with Crippen LogP contribution in [0.3, 0.4) is 0 Å². The predicted octanol–water partition coefficient (Wildman–Crippen LogP) is 4.04. The zero-order valence-corrected chi connectivity index (χ0v) is 12.3. The lowest BCUT2D eigenvalue weighted by molar-refractivity contribution is 0.242. The maximum atomic E-state index is 3.62. The zero-order chi connectivity index (χ0) is 13.1. The van der Waals surface area contributed by atoms with Crippen LogP contribution in [0.2, 0.25) is 0 Å². The van der Waals surface area contributed by atoms with Crippen LogP contribution in [0.15, 0.2) is 18.2 Å². The standard InChI is InChI=1S/C17H27N/c1-12(2)10-18-11-15-6-8-17(15)16-7-5-13(3)9-14(16)4/h5,7,9,12,15,17-18H,6,8,10-11H2,1-4H3. The highest BCUT2D eigenvalue weighted by atomic mass is 14.9.